The van der Waals surface area contributed by atoms with E-state index in [-0.39, 0.29) is 36.7 Å². The van der Waals surface area contributed by atoms with Gasteiger partial charge >= 0.3 is 5.97 Å². The first-order chi connectivity index (χ1) is 19.1. The van der Waals surface area contributed by atoms with Gasteiger partial charge in [0.1, 0.15) is 12.1 Å². The standard InChI is InChI=1S/C28H31N3O7S2/c1-17(32)40-23(13-8-14-31-26(35)19-11-6-7-12-20(19)27(31)36)25(34)30-22(16-39-2)24(33)29-21(28(37)38)15-18-9-4-3-5-10-18/h3-7,9-12,21-23H,8,13-16H2,1-2H3,(H,29,33)(H,30,34)(H,37,38)/t21-,22?,23?/m0/s1. The van der Waals surface area contributed by atoms with E-state index in [1.807, 2.05) is 0 Å². The van der Waals surface area contributed by atoms with Gasteiger partial charge in [-0.3, -0.25) is 28.9 Å². The first-order valence-electron chi connectivity index (χ1n) is 12.6. The molecule has 0 aliphatic carbocycles. The molecule has 0 saturated carbocycles. The van der Waals surface area contributed by atoms with Gasteiger partial charge < -0.3 is 15.7 Å². The molecule has 1 heterocycles. The van der Waals surface area contributed by atoms with Crippen molar-refractivity contribution in [2.75, 3.05) is 18.6 Å². The molecule has 12 heteroatoms. The molecule has 212 valence electrons. The average Bonchev–Trinajstić information content (AvgIpc) is 3.17. The van der Waals surface area contributed by atoms with E-state index in [0.29, 0.717) is 11.1 Å². The number of nitrogens with one attached hydrogen (secondary N) is 2. The first kappa shape index (κ1) is 30.9. The van der Waals surface area contributed by atoms with Gasteiger partial charge in [-0.25, -0.2) is 4.79 Å². The second-order valence-corrected chi connectivity index (χ2v) is 11.4. The minimum atomic E-state index is -1.20. The van der Waals surface area contributed by atoms with E-state index >= 15 is 0 Å². The second-order valence-electron chi connectivity index (χ2n) is 9.15. The summed E-state index contributed by atoms with van der Waals surface area (Å²) in [5.41, 5.74) is 1.40. The molecule has 2 aromatic rings. The van der Waals surface area contributed by atoms with Gasteiger partial charge in [0.25, 0.3) is 11.8 Å². The van der Waals surface area contributed by atoms with Gasteiger partial charge in [0, 0.05) is 25.6 Å². The molecule has 2 unspecified atom stereocenters. The zero-order chi connectivity index (χ0) is 29.2. The number of aliphatic carboxylic acids is 1. The van der Waals surface area contributed by atoms with Crippen LogP contribution in [0.4, 0.5) is 0 Å². The molecule has 3 N–H and O–H groups in total. The predicted octanol–water partition coefficient (Wildman–Crippen LogP) is 2.37. The molecular formula is C28H31N3O7S2. The number of rotatable bonds is 14. The number of hydrogen-bond acceptors (Lipinski definition) is 8. The van der Waals surface area contributed by atoms with Crippen molar-refractivity contribution in [3.8, 4) is 0 Å². The molecule has 10 nitrogen and oxygen atoms in total. The van der Waals surface area contributed by atoms with E-state index in [1.54, 1.807) is 60.9 Å². The fourth-order valence-corrected chi connectivity index (χ4v) is 5.69. The Hall–Kier alpha value is -3.64. The van der Waals surface area contributed by atoms with Crippen LogP contribution in [0.5, 0.6) is 0 Å². The topological polar surface area (TPSA) is 150 Å². The highest BCUT2D eigenvalue weighted by Gasteiger charge is 2.35. The van der Waals surface area contributed by atoms with Gasteiger partial charge in [-0.15, -0.1) is 0 Å². The highest BCUT2D eigenvalue weighted by atomic mass is 32.2. The number of amides is 4. The summed E-state index contributed by atoms with van der Waals surface area (Å²) < 4.78 is 0. The summed E-state index contributed by atoms with van der Waals surface area (Å²) in [4.78, 5) is 76.3. The van der Waals surface area contributed by atoms with Crippen molar-refractivity contribution < 1.29 is 33.9 Å². The van der Waals surface area contributed by atoms with Crippen molar-refractivity contribution in [3.05, 3.63) is 71.3 Å². The number of hydrogen-bond donors (Lipinski definition) is 3. The smallest absolute Gasteiger partial charge is 0.326 e. The monoisotopic (exact) mass is 585 g/mol. The van der Waals surface area contributed by atoms with E-state index in [9.17, 15) is 33.9 Å². The minimum Gasteiger partial charge on any atom is -0.480 e. The molecule has 4 amide bonds. The average molecular weight is 586 g/mol. The summed E-state index contributed by atoms with van der Waals surface area (Å²) in [5, 5.41) is 13.6. The summed E-state index contributed by atoms with van der Waals surface area (Å²) in [7, 11) is 0. The Labute approximate surface area is 240 Å². The summed E-state index contributed by atoms with van der Waals surface area (Å²) in [6, 6.07) is 13.2. The van der Waals surface area contributed by atoms with Crippen LogP contribution >= 0.6 is 23.5 Å². The lowest BCUT2D eigenvalue weighted by Crippen LogP contribution is -2.54. The number of fused-ring (bicyclic) bond motifs is 1. The zero-order valence-electron chi connectivity index (χ0n) is 22.1. The Kier molecular flexibility index (Phi) is 11.3. The number of carbonyl (C=O) groups excluding carboxylic acids is 5. The number of thioether (sulfide) groups is 2. The minimum absolute atomic E-state index is 0.0719. The molecule has 0 fully saturated rings. The van der Waals surface area contributed by atoms with Gasteiger partial charge in [-0.1, -0.05) is 54.2 Å². The molecule has 40 heavy (non-hydrogen) atoms. The summed E-state index contributed by atoms with van der Waals surface area (Å²) in [5.74, 6) is -3.04. The van der Waals surface area contributed by atoms with Crippen molar-refractivity contribution in [2.24, 2.45) is 0 Å². The summed E-state index contributed by atoms with van der Waals surface area (Å²) in [6.07, 6.45) is 2.25. The fraction of sp³-hybridized carbons (Fsp3) is 0.357. The maximum atomic E-state index is 13.2. The lowest BCUT2D eigenvalue weighted by molar-refractivity contribution is -0.142. The van der Waals surface area contributed by atoms with E-state index in [2.05, 4.69) is 10.6 Å². The molecule has 1 aliphatic heterocycles. The number of benzene rings is 2. The predicted molar refractivity (Wildman–Crippen MR) is 153 cm³/mol. The van der Waals surface area contributed by atoms with Crippen molar-refractivity contribution in [1.82, 2.24) is 15.5 Å². The van der Waals surface area contributed by atoms with Crippen LogP contribution in [-0.4, -0.2) is 80.6 Å². The first-order valence-corrected chi connectivity index (χ1v) is 14.9. The van der Waals surface area contributed by atoms with E-state index in [1.165, 1.54) is 18.7 Å². The maximum absolute atomic E-state index is 13.2. The van der Waals surface area contributed by atoms with Crippen LogP contribution in [0.2, 0.25) is 0 Å². The number of carbonyl (C=O) groups is 6. The molecule has 3 atom stereocenters. The number of nitrogens with zero attached hydrogens (tertiary/aromatic N) is 1. The van der Waals surface area contributed by atoms with E-state index in [4.69, 9.17) is 0 Å². The Morgan fingerprint density at radius 2 is 1.45 bits per heavy atom. The molecule has 1 aliphatic rings. The van der Waals surface area contributed by atoms with Gasteiger partial charge in [-0.2, -0.15) is 11.8 Å². The molecule has 0 radical (unpaired) electrons. The molecule has 0 saturated heterocycles. The molecule has 2 aromatic carbocycles. The van der Waals surface area contributed by atoms with Crippen molar-refractivity contribution in [2.45, 2.75) is 43.5 Å². The van der Waals surface area contributed by atoms with Crippen LogP contribution < -0.4 is 10.6 Å². The van der Waals surface area contributed by atoms with Crippen LogP contribution in [0.3, 0.4) is 0 Å². The zero-order valence-corrected chi connectivity index (χ0v) is 23.8. The molecular weight excluding hydrogens is 554 g/mol. The third-order valence-corrected chi connectivity index (χ3v) is 7.92. The maximum Gasteiger partial charge on any atom is 0.326 e. The van der Waals surface area contributed by atoms with Gasteiger partial charge in [-0.05, 0) is 36.8 Å². The lowest BCUT2D eigenvalue weighted by atomic mass is 10.1. The Bertz CT molecular complexity index is 1240. The Morgan fingerprint density at radius 1 is 0.875 bits per heavy atom. The SMILES string of the molecule is CSCC(NC(=O)C(CCCN1C(=O)c2ccccc2C1=O)SC(C)=O)C(=O)N[C@@H](Cc1ccccc1)C(=O)O. The Balaban J connectivity index is 1.62. The third-order valence-electron chi connectivity index (χ3n) is 6.19. The third kappa shape index (κ3) is 8.18. The van der Waals surface area contributed by atoms with Crippen molar-refractivity contribution in [1.29, 1.82) is 0 Å². The fourth-order valence-electron chi connectivity index (χ4n) is 4.26. The normalized spacial score (nSPS) is 14.7. The van der Waals surface area contributed by atoms with E-state index in [0.717, 1.165) is 22.2 Å². The van der Waals surface area contributed by atoms with E-state index < -0.39 is 46.9 Å². The molecule has 3 rings (SSSR count). The highest BCUT2D eigenvalue weighted by Crippen LogP contribution is 2.24. The highest BCUT2D eigenvalue weighted by molar-refractivity contribution is 8.14. The van der Waals surface area contributed by atoms with Crippen molar-refractivity contribution in [3.63, 3.8) is 0 Å². The molecule has 0 spiro atoms. The summed E-state index contributed by atoms with van der Waals surface area (Å²) >= 11 is 2.10. The van der Waals surface area contributed by atoms with Gasteiger partial charge in [0.05, 0.1) is 16.4 Å². The van der Waals surface area contributed by atoms with Crippen LogP contribution in [0.1, 0.15) is 46.0 Å². The van der Waals surface area contributed by atoms with Crippen LogP contribution in [0.15, 0.2) is 54.6 Å². The second kappa shape index (κ2) is 14.7. The molecule has 0 bridgehead atoms. The largest absolute Gasteiger partial charge is 0.480 e. The van der Waals surface area contributed by atoms with Crippen molar-refractivity contribution >= 4 is 58.2 Å². The number of imide groups is 1. The molecule has 0 aromatic heterocycles. The lowest BCUT2D eigenvalue weighted by Gasteiger charge is -2.23. The van der Waals surface area contributed by atoms with Crippen LogP contribution in [0, 0.1) is 0 Å². The number of carboxylic acids is 1. The summed E-state index contributed by atoms with van der Waals surface area (Å²) in [6.45, 7) is 1.39. The Morgan fingerprint density at radius 3 is 2.00 bits per heavy atom. The van der Waals surface area contributed by atoms with Crippen LogP contribution in [0.25, 0.3) is 0 Å². The number of carboxylic acid groups (broad SMARTS) is 1. The van der Waals surface area contributed by atoms with Gasteiger partial charge in [0.15, 0.2) is 5.12 Å². The van der Waals surface area contributed by atoms with Gasteiger partial charge in [0.2, 0.25) is 11.8 Å². The van der Waals surface area contributed by atoms with Crippen LogP contribution in [-0.2, 0) is 25.6 Å². The quantitative estimate of drug-likeness (QED) is 0.284.